The zero-order valence-electron chi connectivity index (χ0n) is 11.1. The molecule has 1 aromatic heterocycles. The number of fused-ring (bicyclic) bond motifs is 1. The van der Waals surface area contributed by atoms with Gasteiger partial charge in [-0.15, -0.1) is 0 Å². The summed E-state index contributed by atoms with van der Waals surface area (Å²) < 4.78 is 1.98. The van der Waals surface area contributed by atoms with Crippen LogP contribution in [0.4, 0.5) is 0 Å². The minimum atomic E-state index is -0.158. The number of hydrogen-bond acceptors (Lipinski definition) is 3. The summed E-state index contributed by atoms with van der Waals surface area (Å²) in [5, 5.41) is 1.41. The first-order valence-corrected chi connectivity index (χ1v) is 7.37. The highest BCUT2D eigenvalue weighted by molar-refractivity contribution is 7.98. The summed E-state index contributed by atoms with van der Waals surface area (Å²) in [7, 11) is 1.95. The van der Waals surface area contributed by atoms with E-state index in [4.69, 9.17) is 0 Å². The largest absolute Gasteiger partial charge is 0.323 e. The molecule has 0 aliphatic heterocycles. The van der Waals surface area contributed by atoms with Crippen molar-refractivity contribution < 1.29 is 0 Å². The molecule has 0 unspecified atom stereocenters. The Morgan fingerprint density at radius 3 is 2.55 bits per heavy atom. The first kappa shape index (κ1) is 12.9. The summed E-state index contributed by atoms with van der Waals surface area (Å²) >= 11 is 1.58. The molecule has 2 aromatic carbocycles. The van der Waals surface area contributed by atoms with Crippen molar-refractivity contribution in [1.29, 1.82) is 0 Å². The highest BCUT2D eigenvalue weighted by atomic mass is 32.2. The molecule has 0 aliphatic rings. The molecule has 0 N–H and O–H groups in total. The first-order valence-electron chi connectivity index (χ1n) is 6.38. The van der Waals surface area contributed by atoms with Crippen LogP contribution in [-0.4, -0.2) is 9.55 Å². The monoisotopic (exact) mass is 282 g/mol. The van der Waals surface area contributed by atoms with E-state index in [-0.39, 0.29) is 5.56 Å². The lowest BCUT2D eigenvalue weighted by molar-refractivity contribution is 0.765. The Balaban J connectivity index is 1.96. The van der Waals surface area contributed by atoms with Crippen LogP contribution >= 0.6 is 11.8 Å². The average molecular weight is 282 g/mol. The van der Waals surface area contributed by atoms with Crippen LogP contribution in [0.15, 0.2) is 64.5 Å². The van der Waals surface area contributed by atoms with Crippen molar-refractivity contribution >= 4 is 22.7 Å². The van der Waals surface area contributed by atoms with Crippen molar-refractivity contribution in [2.45, 2.75) is 10.9 Å². The summed E-state index contributed by atoms with van der Waals surface area (Å²) in [6.07, 6.45) is 0. The van der Waals surface area contributed by atoms with E-state index in [0.717, 1.165) is 16.4 Å². The van der Waals surface area contributed by atoms with Crippen LogP contribution in [0.1, 0.15) is 5.56 Å². The van der Waals surface area contributed by atoms with Gasteiger partial charge in [0.1, 0.15) is 0 Å². The van der Waals surface area contributed by atoms with Crippen molar-refractivity contribution in [1.82, 2.24) is 9.55 Å². The van der Waals surface area contributed by atoms with Gasteiger partial charge in [0.05, 0.1) is 10.9 Å². The van der Waals surface area contributed by atoms with E-state index in [9.17, 15) is 4.79 Å². The zero-order valence-corrected chi connectivity index (χ0v) is 11.9. The minimum Gasteiger partial charge on any atom is -0.323 e. The Kier molecular flexibility index (Phi) is 3.56. The van der Waals surface area contributed by atoms with Gasteiger partial charge in [-0.3, -0.25) is 4.79 Å². The second kappa shape index (κ2) is 5.51. The fraction of sp³-hybridized carbons (Fsp3) is 0.125. The summed E-state index contributed by atoms with van der Waals surface area (Å²) in [6, 6.07) is 17.7. The van der Waals surface area contributed by atoms with Crippen LogP contribution in [0.5, 0.6) is 0 Å². The molecule has 0 saturated heterocycles. The first-order chi connectivity index (χ1) is 9.75. The fourth-order valence-corrected chi connectivity index (χ4v) is 3.05. The summed E-state index contributed by atoms with van der Waals surface area (Å²) in [5.41, 5.74) is 1.98. The predicted molar refractivity (Wildman–Crippen MR) is 83.0 cm³/mol. The second-order valence-corrected chi connectivity index (χ2v) is 5.49. The van der Waals surface area contributed by atoms with Crippen LogP contribution in [0.2, 0.25) is 0 Å². The lowest BCUT2D eigenvalue weighted by Gasteiger charge is -2.10. The maximum absolute atomic E-state index is 12.0. The molecule has 0 atom stereocenters. The van der Waals surface area contributed by atoms with Gasteiger partial charge in [0.15, 0.2) is 5.16 Å². The van der Waals surface area contributed by atoms with Gasteiger partial charge in [-0.25, -0.2) is 0 Å². The van der Waals surface area contributed by atoms with Crippen LogP contribution in [-0.2, 0) is 12.8 Å². The maximum atomic E-state index is 12.0. The molecule has 100 valence electrons. The molecule has 0 amide bonds. The van der Waals surface area contributed by atoms with Crippen LogP contribution in [0.3, 0.4) is 0 Å². The van der Waals surface area contributed by atoms with Gasteiger partial charge in [0.2, 0.25) is 0 Å². The maximum Gasteiger partial charge on any atom is 0.281 e. The third-order valence-corrected chi connectivity index (χ3v) is 4.29. The van der Waals surface area contributed by atoms with Crippen molar-refractivity contribution in [2.24, 2.45) is 7.05 Å². The number of benzene rings is 2. The number of para-hydroxylation sites is 1. The summed E-state index contributed by atoms with van der Waals surface area (Å²) in [5.74, 6) is 0.805. The van der Waals surface area contributed by atoms with Crippen LogP contribution < -0.4 is 5.56 Å². The number of rotatable bonds is 3. The quantitative estimate of drug-likeness (QED) is 0.546. The molecule has 0 saturated carbocycles. The van der Waals surface area contributed by atoms with Crippen molar-refractivity contribution in [2.75, 3.05) is 0 Å². The number of nitrogens with zero attached hydrogens (tertiary/aromatic N) is 2. The van der Waals surface area contributed by atoms with Gasteiger partial charge in [-0.05, 0) is 17.7 Å². The minimum absolute atomic E-state index is 0.158. The van der Waals surface area contributed by atoms with E-state index < -0.39 is 0 Å². The lowest BCUT2D eigenvalue weighted by Crippen LogP contribution is -2.13. The Morgan fingerprint density at radius 1 is 1.05 bits per heavy atom. The van der Waals surface area contributed by atoms with Crippen molar-refractivity contribution in [3.8, 4) is 0 Å². The molecular weight excluding hydrogens is 268 g/mol. The van der Waals surface area contributed by atoms with Gasteiger partial charge in [0.25, 0.3) is 5.56 Å². The van der Waals surface area contributed by atoms with E-state index in [1.54, 1.807) is 11.8 Å². The van der Waals surface area contributed by atoms with E-state index in [1.165, 1.54) is 5.56 Å². The molecular formula is C16H14N2OS. The molecule has 20 heavy (non-hydrogen) atoms. The van der Waals surface area contributed by atoms with Gasteiger partial charge < -0.3 is 4.57 Å². The Bertz CT molecular complexity index is 796. The molecule has 4 heteroatoms. The van der Waals surface area contributed by atoms with Gasteiger partial charge in [0, 0.05) is 12.8 Å². The molecule has 3 aromatic rings. The predicted octanol–water partition coefficient (Wildman–Crippen LogP) is 3.23. The molecule has 3 nitrogen and oxygen atoms in total. The Morgan fingerprint density at radius 2 is 1.75 bits per heavy atom. The molecule has 0 aliphatic carbocycles. The molecule has 3 rings (SSSR count). The normalized spacial score (nSPS) is 10.8. The Labute approximate surface area is 121 Å². The number of hydrogen-bond donors (Lipinski definition) is 0. The van der Waals surface area contributed by atoms with Crippen LogP contribution in [0, 0.1) is 0 Å². The molecule has 0 fully saturated rings. The molecule has 0 spiro atoms. The topological polar surface area (TPSA) is 34.9 Å². The van der Waals surface area contributed by atoms with Gasteiger partial charge in [-0.2, -0.15) is 4.98 Å². The highest BCUT2D eigenvalue weighted by Gasteiger charge is 2.08. The Hall–Kier alpha value is -2.07. The van der Waals surface area contributed by atoms with E-state index in [0.29, 0.717) is 5.39 Å². The zero-order chi connectivity index (χ0) is 13.9. The smallest absolute Gasteiger partial charge is 0.281 e. The second-order valence-electron chi connectivity index (χ2n) is 4.55. The summed E-state index contributed by atoms with van der Waals surface area (Å²) in [6.45, 7) is 0. The number of thioether (sulfide) groups is 1. The molecule has 1 heterocycles. The van der Waals surface area contributed by atoms with E-state index in [1.807, 2.05) is 54.1 Å². The highest BCUT2D eigenvalue weighted by Crippen LogP contribution is 2.22. The van der Waals surface area contributed by atoms with Gasteiger partial charge >= 0.3 is 0 Å². The third-order valence-electron chi connectivity index (χ3n) is 3.19. The average Bonchev–Trinajstić information content (AvgIpc) is 2.50. The third kappa shape index (κ3) is 2.47. The molecule has 0 radical (unpaired) electrons. The van der Waals surface area contributed by atoms with Crippen molar-refractivity contribution in [3.05, 3.63) is 70.5 Å². The fourth-order valence-electron chi connectivity index (χ4n) is 2.12. The standard InChI is InChI=1S/C16H14N2OS/c1-18-14-10-6-5-9-13(14)15(19)17-16(18)20-11-12-7-3-2-4-8-12/h2-10H,11H2,1H3. The number of aromatic nitrogens is 2. The van der Waals surface area contributed by atoms with Crippen molar-refractivity contribution in [3.63, 3.8) is 0 Å². The lowest BCUT2D eigenvalue weighted by atomic mass is 10.2. The van der Waals surface area contributed by atoms with E-state index in [2.05, 4.69) is 17.1 Å². The van der Waals surface area contributed by atoms with Crippen LogP contribution in [0.25, 0.3) is 10.9 Å². The SMILES string of the molecule is Cn1c(SCc2ccccc2)nc(=O)c2ccccc21. The van der Waals surface area contributed by atoms with E-state index >= 15 is 0 Å². The summed E-state index contributed by atoms with van der Waals surface area (Å²) in [4.78, 5) is 16.2. The van der Waals surface area contributed by atoms with Gasteiger partial charge in [-0.1, -0.05) is 54.2 Å². The molecule has 0 bridgehead atoms. The number of aryl methyl sites for hydroxylation is 1.